The van der Waals surface area contributed by atoms with E-state index in [1.54, 1.807) is 25.4 Å². The summed E-state index contributed by atoms with van der Waals surface area (Å²) in [4.78, 5) is 21.3. The maximum absolute atomic E-state index is 12.6. The Kier molecular flexibility index (Phi) is 6.43. The fraction of sp³-hybridized carbons (Fsp3) is 0.500. The lowest BCUT2D eigenvalue weighted by atomic mass is 9.76. The van der Waals surface area contributed by atoms with Gasteiger partial charge in [0, 0.05) is 36.1 Å². The van der Waals surface area contributed by atoms with E-state index in [9.17, 15) is 4.79 Å². The number of carbonyl (C=O) groups is 1. The van der Waals surface area contributed by atoms with Crippen LogP contribution in [0.2, 0.25) is 0 Å². The third-order valence-corrected chi connectivity index (χ3v) is 5.66. The maximum Gasteiger partial charge on any atom is 0.253 e. The molecule has 0 aliphatic heterocycles. The van der Waals surface area contributed by atoms with Crippen molar-refractivity contribution in [2.45, 2.75) is 57.9 Å². The first kappa shape index (κ1) is 19.3. The van der Waals surface area contributed by atoms with Crippen LogP contribution in [0.4, 0.5) is 0 Å². The Morgan fingerprint density at radius 1 is 1.22 bits per heavy atom. The minimum Gasteiger partial charge on any atom is -0.481 e. The summed E-state index contributed by atoms with van der Waals surface area (Å²) in [6.45, 7) is 4.26. The van der Waals surface area contributed by atoms with Crippen LogP contribution < -0.4 is 10.1 Å². The number of nitrogens with one attached hydrogen (secondary N) is 1. The predicted octanol–water partition coefficient (Wildman–Crippen LogP) is 4.28. The van der Waals surface area contributed by atoms with Crippen molar-refractivity contribution in [2.75, 3.05) is 7.11 Å². The van der Waals surface area contributed by atoms with Crippen LogP contribution >= 0.6 is 0 Å². The van der Waals surface area contributed by atoms with Crippen LogP contribution in [0.25, 0.3) is 0 Å². The van der Waals surface area contributed by atoms with Gasteiger partial charge in [0.15, 0.2) is 0 Å². The number of hydrogen-bond acceptors (Lipinski definition) is 4. The number of rotatable bonds is 6. The van der Waals surface area contributed by atoms with Crippen LogP contribution in [-0.2, 0) is 0 Å². The lowest BCUT2D eigenvalue weighted by Gasteiger charge is -2.34. The van der Waals surface area contributed by atoms with Crippen molar-refractivity contribution in [1.29, 1.82) is 0 Å². The molecule has 1 aliphatic carbocycles. The molecular formula is C22H29N3O2. The van der Waals surface area contributed by atoms with Gasteiger partial charge >= 0.3 is 0 Å². The molecule has 2 heterocycles. The van der Waals surface area contributed by atoms with E-state index in [0.29, 0.717) is 23.3 Å². The summed E-state index contributed by atoms with van der Waals surface area (Å²) in [6.07, 6.45) is 8.94. The second-order valence-corrected chi connectivity index (χ2v) is 7.45. The molecule has 27 heavy (non-hydrogen) atoms. The van der Waals surface area contributed by atoms with Gasteiger partial charge in [0.2, 0.25) is 5.88 Å². The first-order valence-electron chi connectivity index (χ1n) is 9.84. The van der Waals surface area contributed by atoms with Crippen LogP contribution in [-0.4, -0.2) is 29.0 Å². The predicted molar refractivity (Wildman–Crippen MR) is 106 cm³/mol. The second kappa shape index (κ2) is 8.98. The minimum atomic E-state index is -0.0560. The normalized spacial score (nSPS) is 20.7. The van der Waals surface area contributed by atoms with Crippen molar-refractivity contribution in [3.8, 4) is 5.88 Å². The Bertz CT molecular complexity index is 752. The highest BCUT2D eigenvalue weighted by atomic mass is 16.5. The molecule has 0 spiro atoms. The van der Waals surface area contributed by atoms with Crippen molar-refractivity contribution in [3.05, 3.63) is 53.5 Å². The molecule has 1 fully saturated rings. The van der Waals surface area contributed by atoms with Gasteiger partial charge in [0.25, 0.3) is 5.91 Å². The van der Waals surface area contributed by atoms with E-state index in [-0.39, 0.29) is 11.9 Å². The molecule has 1 N–H and O–H groups in total. The molecular weight excluding hydrogens is 338 g/mol. The Labute approximate surface area is 161 Å². The van der Waals surface area contributed by atoms with E-state index in [1.165, 1.54) is 11.3 Å². The molecule has 144 valence electrons. The molecule has 2 aromatic rings. The summed E-state index contributed by atoms with van der Waals surface area (Å²) in [6, 6.07) is 7.93. The SMILES string of the molecule is CC[C@H](NC(=O)c1ccc(OC)nc1)[C@H]1CC[C@H](c2cc(C)ccn2)CC1. The maximum atomic E-state index is 12.6. The van der Waals surface area contributed by atoms with E-state index in [1.807, 2.05) is 12.3 Å². The Hall–Kier alpha value is -2.43. The van der Waals surface area contributed by atoms with E-state index in [2.05, 4.69) is 35.2 Å². The van der Waals surface area contributed by atoms with Crippen molar-refractivity contribution in [3.63, 3.8) is 0 Å². The van der Waals surface area contributed by atoms with E-state index >= 15 is 0 Å². The monoisotopic (exact) mass is 367 g/mol. The van der Waals surface area contributed by atoms with Gasteiger partial charge in [-0.1, -0.05) is 6.92 Å². The highest BCUT2D eigenvalue weighted by Crippen LogP contribution is 2.37. The number of aromatic nitrogens is 2. The number of carbonyl (C=O) groups excluding carboxylic acids is 1. The zero-order valence-electron chi connectivity index (χ0n) is 16.4. The van der Waals surface area contributed by atoms with E-state index in [4.69, 9.17) is 4.74 Å². The van der Waals surface area contributed by atoms with Crippen LogP contribution in [0.15, 0.2) is 36.7 Å². The summed E-state index contributed by atoms with van der Waals surface area (Å²) in [5.74, 6) is 1.52. The number of aryl methyl sites for hydroxylation is 1. The third kappa shape index (κ3) is 4.85. The molecule has 0 aromatic carbocycles. The highest BCUT2D eigenvalue weighted by molar-refractivity contribution is 5.94. The average molecular weight is 367 g/mol. The topological polar surface area (TPSA) is 64.1 Å². The first-order valence-corrected chi connectivity index (χ1v) is 9.84. The molecule has 1 aliphatic rings. The molecule has 2 aromatic heterocycles. The molecule has 5 heteroatoms. The average Bonchev–Trinajstić information content (AvgIpc) is 2.72. The fourth-order valence-electron chi connectivity index (χ4n) is 4.04. The molecule has 3 rings (SSSR count). The zero-order valence-corrected chi connectivity index (χ0v) is 16.4. The number of amides is 1. The number of pyridine rings is 2. The fourth-order valence-corrected chi connectivity index (χ4v) is 4.04. The van der Waals surface area contributed by atoms with Gasteiger partial charge in [0.05, 0.1) is 12.7 Å². The van der Waals surface area contributed by atoms with E-state index < -0.39 is 0 Å². The van der Waals surface area contributed by atoms with Crippen molar-refractivity contribution in [2.24, 2.45) is 5.92 Å². The van der Waals surface area contributed by atoms with Crippen molar-refractivity contribution in [1.82, 2.24) is 15.3 Å². The van der Waals surface area contributed by atoms with Gasteiger partial charge in [-0.25, -0.2) is 4.98 Å². The molecule has 0 radical (unpaired) electrons. The molecule has 0 bridgehead atoms. The smallest absolute Gasteiger partial charge is 0.253 e. The van der Waals surface area contributed by atoms with Gasteiger partial charge in [0.1, 0.15) is 0 Å². The molecule has 1 atom stereocenters. The Balaban J connectivity index is 1.57. The van der Waals surface area contributed by atoms with Crippen molar-refractivity contribution < 1.29 is 9.53 Å². The summed E-state index contributed by atoms with van der Waals surface area (Å²) < 4.78 is 5.05. The standard InChI is InChI=1S/C22H29N3O2/c1-4-19(25-22(26)18-9-10-21(27-3)24-14-18)16-5-7-17(8-6-16)20-13-15(2)11-12-23-20/h9-14,16-17,19H,4-8H2,1-3H3,(H,25,26)/t16-,17-,19-/m0/s1. The van der Waals surface area contributed by atoms with Crippen molar-refractivity contribution >= 4 is 5.91 Å². The number of methoxy groups -OCH3 is 1. The molecule has 1 amide bonds. The summed E-state index contributed by atoms with van der Waals surface area (Å²) in [5.41, 5.74) is 3.07. The molecule has 1 saturated carbocycles. The van der Waals surface area contributed by atoms with Gasteiger partial charge in [-0.3, -0.25) is 9.78 Å². The lowest BCUT2D eigenvalue weighted by Crippen LogP contribution is -2.41. The highest BCUT2D eigenvalue weighted by Gasteiger charge is 2.29. The first-order chi connectivity index (χ1) is 13.1. The van der Waals surface area contributed by atoms with Crippen LogP contribution in [0.1, 0.15) is 66.6 Å². The van der Waals surface area contributed by atoms with Crippen LogP contribution in [0.5, 0.6) is 5.88 Å². The largest absolute Gasteiger partial charge is 0.481 e. The Morgan fingerprint density at radius 3 is 2.59 bits per heavy atom. The van der Waals surface area contributed by atoms with Gasteiger partial charge in [-0.05, 0) is 68.7 Å². The molecule has 5 nitrogen and oxygen atoms in total. The minimum absolute atomic E-state index is 0.0560. The second-order valence-electron chi connectivity index (χ2n) is 7.45. The molecule has 0 unspecified atom stereocenters. The quantitative estimate of drug-likeness (QED) is 0.828. The van der Waals surface area contributed by atoms with Gasteiger partial charge in [-0.15, -0.1) is 0 Å². The van der Waals surface area contributed by atoms with E-state index in [0.717, 1.165) is 32.1 Å². The number of nitrogens with zero attached hydrogens (tertiary/aromatic N) is 2. The van der Waals surface area contributed by atoms with Crippen LogP contribution in [0, 0.1) is 12.8 Å². The summed E-state index contributed by atoms with van der Waals surface area (Å²) in [5, 5.41) is 3.22. The zero-order chi connectivity index (χ0) is 19.2. The molecule has 0 saturated heterocycles. The number of hydrogen-bond donors (Lipinski definition) is 1. The number of ether oxygens (including phenoxy) is 1. The summed E-state index contributed by atoms with van der Waals surface area (Å²) >= 11 is 0. The summed E-state index contributed by atoms with van der Waals surface area (Å²) in [7, 11) is 1.57. The van der Waals surface area contributed by atoms with Gasteiger partial charge in [-0.2, -0.15) is 0 Å². The Morgan fingerprint density at radius 2 is 2.00 bits per heavy atom. The van der Waals surface area contributed by atoms with Gasteiger partial charge < -0.3 is 10.1 Å². The third-order valence-electron chi connectivity index (χ3n) is 5.66. The lowest BCUT2D eigenvalue weighted by molar-refractivity contribution is 0.0908. The van der Waals surface area contributed by atoms with Crippen LogP contribution in [0.3, 0.4) is 0 Å².